The first-order valence-corrected chi connectivity index (χ1v) is 5.68. The summed E-state index contributed by atoms with van der Waals surface area (Å²) < 4.78 is 0. The second-order valence-electron chi connectivity index (χ2n) is 4.04. The molecule has 3 amide bonds. The Bertz CT molecular complexity index is 402. The molecule has 0 aromatic rings. The molecule has 1 heterocycles. The van der Waals surface area contributed by atoms with Gasteiger partial charge in [0.15, 0.2) is 0 Å². The van der Waals surface area contributed by atoms with E-state index in [0.29, 0.717) is 0 Å². The number of azide groups is 1. The highest BCUT2D eigenvalue weighted by molar-refractivity contribution is 6.03. The summed E-state index contributed by atoms with van der Waals surface area (Å²) in [5.74, 6) is -1.01. The van der Waals surface area contributed by atoms with Crippen molar-refractivity contribution in [3.8, 4) is 0 Å². The van der Waals surface area contributed by atoms with Crippen LogP contribution in [0.3, 0.4) is 0 Å². The van der Waals surface area contributed by atoms with Crippen LogP contribution in [0.2, 0.25) is 0 Å². The maximum absolute atomic E-state index is 11.5. The van der Waals surface area contributed by atoms with E-state index < -0.39 is 0 Å². The zero-order chi connectivity index (χ0) is 13.5. The van der Waals surface area contributed by atoms with Crippen LogP contribution in [0.25, 0.3) is 10.4 Å². The fourth-order valence-corrected chi connectivity index (χ4v) is 1.68. The molecule has 1 aliphatic rings. The van der Waals surface area contributed by atoms with Gasteiger partial charge in [0, 0.05) is 43.3 Å². The Morgan fingerprint density at radius 3 is 2.89 bits per heavy atom. The van der Waals surface area contributed by atoms with Gasteiger partial charge in [-0.3, -0.25) is 19.3 Å². The molecule has 0 aromatic carbocycles. The van der Waals surface area contributed by atoms with Crippen molar-refractivity contribution in [2.75, 3.05) is 19.6 Å². The molecule has 0 spiro atoms. The third-order valence-corrected chi connectivity index (χ3v) is 2.63. The average Bonchev–Trinajstić information content (AvgIpc) is 2.57. The number of carbonyl (C=O) groups is 3. The zero-order valence-electron chi connectivity index (χ0n) is 10.1. The van der Waals surface area contributed by atoms with Gasteiger partial charge in [-0.2, -0.15) is 0 Å². The Morgan fingerprint density at radius 1 is 1.61 bits per heavy atom. The van der Waals surface area contributed by atoms with E-state index in [2.05, 4.69) is 15.3 Å². The van der Waals surface area contributed by atoms with Gasteiger partial charge < -0.3 is 5.32 Å². The van der Waals surface area contributed by atoms with Gasteiger partial charge in [-0.15, -0.1) is 0 Å². The van der Waals surface area contributed by atoms with Crippen molar-refractivity contribution in [3.05, 3.63) is 10.4 Å². The van der Waals surface area contributed by atoms with E-state index in [1.165, 1.54) is 0 Å². The van der Waals surface area contributed by atoms with Crippen LogP contribution in [0.5, 0.6) is 0 Å². The average molecular weight is 253 g/mol. The zero-order valence-corrected chi connectivity index (χ0v) is 10.1. The van der Waals surface area contributed by atoms with E-state index in [1.807, 2.05) is 0 Å². The summed E-state index contributed by atoms with van der Waals surface area (Å²) in [6.07, 6.45) is 0.289. The number of amides is 3. The summed E-state index contributed by atoms with van der Waals surface area (Å²) in [5, 5.41) is 5.79. The third-order valence-electron chi connectivity index (χ3n) is 2.63. The highest BCUT2D eigenvalue weighted by Gasteiger charge is 2.35. The smallest absolute Gasteiger partial charge is 0.232 e. The number of imide groups is 1. The van der Waals surface area contributed by atoms with Crippen LogP contribution in [0, 0.1) is 5.92 Å². The van der Waals surface area contributed by atoms with Gasteiger partial charge in [0.2, 0.25) is 17.7 Å². The van der Waals surface area contributed by atoms with E-state index in [1.54, 1.807) is 6.92 Å². The van der Waals surface area contributed by atoms with Crippen LogP contribution in [0.4, 0.5) is 0 Å². The molecular weight excluding hydrogens is 238 g/mol. The fraction of sp³-hybridized carbons (Fsp3) is 0.700. The first kappa shape index (κ1) is 14.0. The summed E-state index contributed by atoms with van der Waals surface area (Å²) in [4.78, 5) is 38.0. The molecule has 0 bridgehead atoms. The van der Waals surface area contributed by atoms with Crippen LogP contribution in [0.15, 0.2) is 5.11 Å². The van der Waals surface area contributed by atoms with Crippen LogP contribution >= 0.6 is 0 Å². The number of hydrogen-bond donors (Lipinski definition) is 1. The molecule has 0 saturated carbocycles. The number of rotatable bonds is 6. The van der Waals surface area contributed by atoms with E-state index in [-0.39, 0.29) is 56.1 Å². The summed E-state index contributed by atoms with van der Waals surface area (Å²) in [6, 6.07) is 0. The second kappa shape index (κ2) is 6.61. The molecule has 1 unspecified atom stereocenters. The molecule has 18 heavy (non-hydrogen) atoms. The van der Waals surface area contributed by atoms with Crippen molar-refractivity contribution >= 4 is 17.7 Å². The number of likely N-dealkylation sites (tertiary alicyclic amines) is 1. The van der Waals surface area contributed by atoms with E-state index in [0.717, 1.165) is 4.90 Å². The van der Waals surface area contributed by atoms with Crippen molar-refractivity contribution in [3.63, 3.8) is 0 Å². The van der Waals surface area contributed by atoms with Gasteiger partial charge in [0.1, 0.15) is 0 Å². The summed E-state index contributed by atoms with van der Waals surface area (Å²) in [5.41, 5.74) is 8.03. The fourth-order valence-electron chi connectivity index (χ4n) is 1.68. The number of nitrogens with one attached hydrogen (secondary N) is 1. The van der Waals surface area contributed by atoms with E-state index in [4.69, 9.17) is 5.53 Å². The van der Waals surface area contributed by atoms with Gasteiger partial charge in [0.25, 0.3) is 0 Å². The van der Waals surface area contributed by atoms with E-state index >= 15 is 0 Å². The lowest BCUT2D eigenvalue weighted by atomic mass is 10.1. The minimum absolute atomic E-state index is 0.0699. The second-order valence-corrected chi connectivity index (χ2v) is 4.04. The van der Waals surface area contributed by atoms with Crippen molar-refractivity contribution in [1.82, 2.24) is 10.2 Å². The Balaban J connectivity index is 2.28. The Labute approximate surface area is 104 Å². The molecule has 1 N–H and O–H groups in total. The van der Waals surface area contributed by atoms with Crippen molar-refractivity contribution in [1.29, 1.82) is 0 Å². The first-order valence-electron chi connectivity index (χ1n) is 5.68. The highest BCUT2D eigenvalue weighted by atomic mass is 16.2. The van der Waals surface area contributed by atoms with Crippen LogP contribution < -0.4 is 5.32 Å². The van der Waals surface area contributed by atoms with Crippen LogP contribution in [-0.4, -0.2) is 42.3 Å². The summed E-state index contributed by atoms with van der Waals surface area (Å²) in [6.45, 7) is 2.23. The molecule has 0 aromatic heterocycles. The number of hydrogen-bond acceptors (Lipinski definition) is 4. The minimum atomic E-state index is -0.287. The Hall–Kier alpha value is -2.08. The lowest BCUT2D eigenvalue weighted by molar-refractivity contribution is -0.139. The predicted molar refractivity (Wildman–Crippen MR) is 62.1 cm³/mol. The number of carbonyl (C=O) groups excluding carboxylic acids is 3. The van der Waals surface area contributed by atoms with Gasteiger partial charge in [-0.05, 0) is 5.53 Å². The topological polar surface area (TPSA) is 115 Å². The lowest BCUT2D eigenvalue weighted by Gasteiger charge is -2.13. The highest BCUT2D eigenvalue weighted by Crippen LogP contribution is 2.18. The SMILES string of the molecule is CC1CC(=O)N(CCC(=O)NCCN=[N+]=[N-])C1=O. The molecule has 8 heteroatoms. The van der Waals surface area contributed by atoms with Crippen molar-refractivity contribution in [2.24, 2.45) is 11.0 Å². The largest absolute Gasteiger partial charge is 0.356 e. The molecule has 1 saturated heterocycles. The predicted octanol–water partition coefficient (Wildman–Crippen LogP) is 0.198. The maximum Gasteiger partial charge on any atom is 0.232 e. The van der Waals surface area contributed by atoms with Crippen molar-refractivity contribution < 1.29 is 14.4 Å². The number of nitrogens with zero attached hydrogens (tertiary/aromatic N) is 4. The molecule has 1 aliphatic heterocycles. The quantitative estimate of drug-likeness (QED) is 0.239. The lowest BCUT2D eigenvalue weighted by Crippen LogP contribution is -2.35. The normalized spacial score (nSPS) is 18.7. The molecule has 1 fully saturated rings. The minimum Gasteiger partial charge on any atom is -0.356 e. The summed E-state index contributed by atoms with van der Waals surface area (Å²) in [7, 11) is 0. The van der Waals surface area contributed by atoms with Gasteiger partial charge in [-0.1, -0.05) is 12.0 Å². The standard InChI is InChI=1S/C10H15N5O3/c1-7-6-9(17)15(10(7)18)5-2-8(16)12-3-4-13-14-11/h7H,2-6H2,1H3,(H,12,16). The van der Waals surface area contributed by atoms with Gasteiger partial charge in [0.05, 0.1) is 0 Å². The van der Waals surface area contributed by atoms with E-state index in [9.17, 15) is 14.4 Å². The van der Waals surface area contributed by atoms with Crippen molar-refractivity contribution in [2.45, 2.75) is 19.8 Å². The maximum atomic E-state index is 11.5. The van der Waals surface area contributed by atoms with Gasteiger partial charge in [-0.25, -0.2) is 0 Å². The summed E-state index contributed by atoms with van der Waals surface area (Å²) >= 11 is 0. The Kier molecular flexibility index (Phi) is 5.13. The third kappa shape index (κ3) is 3.74. The monoisotopic (exact) mass is 253 g/mol. The first-order chi connectivity index (χ1) is 8.56. The molecule has 0 aliphatic carbocycles. The molecule has 98 valence electrons. The molecule has 1 rings (SSSR count). The molecule has 8 nitrogen and oxygen atoms in total. The van der Waals surface area contributed by atoms with Crippen LogP contribution in [0.1, 0.15) is 19.8 Å². The van der Waals surface area contributed by atoms with Gasteiger partial charge >= 0.3 is 0 Å². The molecule has 0 radical (unpaired) electrons. The molecular formula is C10H15N5O3. The molecule has 1 atom stereocenters. The van der Waals surface area contributed by atoms with Crippen LogP contribution in [-0.2, 0) is 14.4 Å². The Morgan fingerprint density at radius 2 is 2.33 bits per heavy atom.